The van der Waals surface area contributed by atoms with Crippen LogP contribution in [0.3, 0.4) is 0 Å². The summed E-state index contributed by atoms with van der Waals surface area (Å²) in [4.78, 5) is 30.2. The molecule has 12 heteroatoms. The minimum Gasteiger partial charge on any atom is -0.496 e. The Labute approximate surface area is 298 Å². The Kier molecular flexibility index (Phi) is 10.5. The van der Waals surface area contributed by atoms with Crippen LogP contribution in [-0.4, -0.2) is 78.7 Å². The molecule has 0 saturated carbocycles. The second-order valence-electron chi connectivity index (χ2n) is 12.1. The number of furan rings is 1. The second-order valence-corrected chi connectivity index (χ2v) is 13.9. The fourth-order valence-electron chi connectivity index (χ4n) is 6.44. The summed E-state index contributed by atoms with van der Waals surface area (Å²) in [5.74, 6) is 0.132. The number of amides is 1. The number of anilines is 2. The van der Waals surface area contributed by atoms with Gasteiger partial charge in [-0.1, -0.05) is 48.5 Å². The molecule has 0 aliphatic carbocycles. The number of methoxy groups -OCH3 is 2. The van der Waals surface area contributed by atoms with Crippen LogP contribution in [0.5, 0.6) is 11.5 Å². The summed E-state index contributed by atoms with van der Waals surface area (Å²) in [5.41, 5.74) is 3.53. The molecule has 4 aromatic carbocycles. The van der Waals surface area contributed by atoms with Gasteiger partial charge < -0.3 is 28.4 Å². The van der Waals surface area contributed by atoms with Crippen LogP contribution < -0.4 is 18.7 Å². The van der Waals surface area contributed by atoms with Crippen LogP contribution in [0.1, 0.15) is 39.0 Å². The number of hydrogen-bond acceptors (Lipinski definition) is 9. The van der Waals surface area contributed by atoms with Gasteiger partial charge in [0.15, 0.2) is 0 Å². The Morgan fingerprint density at radius 2 is 1.51 bits per heavy atom. The summed E-state index contributed by atoms with van der Waals surface area (Å²) in [5, 5.41) is 0.517. The standard InChI is InChI=1S/C39H41N3O8S/c1-5-49-39(44)37-27(2)30-26-29(18-19-33(30)50-37)51(45,46)42(21-20-28-12-7-6-8-13-28)32-15-10-9-14-31(32)40-22-24-41(25-23-40)38(43)36-34(47-3)16-11-17-35(36)48-4/h6-19,26H,5,20-25H2,1-4H3. The molecule has 1 aliphatic heterocycles. The molecular weight excluding hydrogens is 671 g/mol. The zero-order valence-corrected chi connectivity index (χ0v) is 29.9. The van der Waals surface area contributed by atoms with Crippen molar-refractivity contribution in [2.75, 3.05) is 62.8 Å². The molecule has 11 nitrogen and oxygen atoms in total. The predicted octanol–water partition coefficient (Wildman–Crippen LogP) is 6.34. The third kappa shape index (κ3) is 7.09. The molecular formula is C39H41N3O8S. The smallest absolute Gasteiger partial charge is 0.374 e. The van der Waals surface area contributed by atoms with Gasteiger partial charge in [0.2, 0.25) is 5.76 Å². The predicted molar refractivity (Wildman–Crippen MR) is 196 cm³/mol. The van der Waals surface area contributed by atoms with Crippen LogP contribution in [0.15, 0.2) is 100 Å². The van der Waals surface area contributed by atoms with Gasteiger partial charge >= 0.3 is 5.97 Å². The largest absolute Gasteiger partial charge is 0.496 e. The third-order valence-corrected chi connectivity index (χ3v) is 10.9. The lowest BCUT2D eigenvalue weighted by molar-refractivity contribution is 0.0491. The summed E-state index contributed by atoms with van der Waals surface area (Å²) in [7, 11) is -1.09. The van der Waals surface area contributed by atoms with Crippen molar-refractivity contribution in [2.45, 2.75) is 25.2 Å². The number of esters is 1. The molecule has 0 N–H and O–H groups in total. The van der Waals surface area contributed by atoms with Gasteiger partial charge in [-0.15, -0.1) is 0 Å². The van der Waals surface area contributed by atoms with Gasteiger partial charge in [-0.25, -0.2) is 13.2 Å². The number of carbonyl (C=O) groups is 2. The van der Waals surface area contributed by atoms with Gasteiger partial charge in [-0.3, -0.25) is 9.10 Å². The second kappa shape index (κ2) is 15.2. The molecule has 5 aromatic rings. The molecule has 2 heterocycles. The van der Waals surface area contributed by atoms with E-state index in [1.807, 2.05) is 54.6 Å². The summed E-state index contributed by atoms with van der Waals surface area (Å²) in [6.45, 7) is 5.55. The Balaban J connectivity index is 1.33. The monoisotopic (exact) mass is 711 g/mol. The van der Waals surface area contributed by atoms with E-state index in [9.17, 15) is 18.0 Å². The van der Waals surface area contributed by atoms with Crippen LogP contribution in [0.4, 0.5) is 11.4 Å². The topological polar surface area (TPSA) is 119 Å². The van der Waals surface area contributed by atoms with E-state index >= 15 is 0 Å². The number of rotatable bonds is 12. The van der Waals surface area contributed by atoms with Crippen LogP contribution in [-0.2, 0) is 21.2 Å². The number of carbonyl (C=O) groups excluding carboxylic acids is 2. The van der Waals surface area contributed by atoms with Gasteiger partial charge in [-0.05, 0) is 68.3 Å². The van der Waals surface area contributed by atoms with Crippen molar-refractivity contribution in [3.63, 3.8) is 0 Å². The fraction of sp³-hybridized carbons (Fsp3) is 0.282. The molecule has 0 bridgehead atoms. The highest BCUT2D eigenvalue weighted by Crippen LogP contribution is 2.37. The van der Waals surface area contributed by atoms with Crippen LogP contribution >= 0.6 is 0 Å². The first-order valence-electron chi connectivity index (χ1n) is 16.8. The Morgan fingerprint density at radius 3 is 2.18 bits per heavy atom. The first-order valence-corrected chi connectivity index (χ1v) is 18.2. The Bertz CT molecular complexity index is 2120. The average molecular weight is 712 g/mol. The van der Waals surface area contributed by atoms with E-state index in [0.717, 1.165) is 11.3 Å². The van der Waals surface area contributed by atoms with E-state index in [1.54, 1.807) is 49.1 Å². The van der Waals surface area contributed by atoms with Crippen LogP contribution in [0.2, 0.25) is 0 Å². The lowest BCUT2D eigenvalue weighted by Crippen LogP contribution is -2.49. The maximum absolute atomic E-state index is 14.7. The van der Waals surface area contributed by atoms with Crippen LogP contribution in [0.25, 0.3) is 11.0 Å². The molecule has 0 spiro atoms. The highest BCUT2D eigenvalue weighted by atomic mass is 32.2. The minimum absolute atomic E-state index is 0.0504. The molecule has 0 atom stereocenters. The van der Waals surface area contributed by atoms with E-state index in [4.69, 9.17) is 18.6 Å². The number of piperazine rings is 1. The highest BCUT2D eigenvalue weighted by Gasteiger charge is 2.32. The van der Waals surface area contributed by atoms with Crippen molar-refractivity contribution in [1.82, 2.24) is 4.90 Å². The molecule has 0 unspecified atom stereocenters. The molecule has 1 saturated heterocycles. The maximum Gasteiger partial charge on any atom is 0.374 e. The van der Waals surface area contributed by atoms with Crippen molar-refractivity contribution in [1.29, 1.82) is 0 Å². The van der Waals surface area contributed by atoms with Crippen molar-refractivity contribution >= 4 is 44.2 Å². The molecule has 1 amide bonds. The van der Waals surface area contributed by atoms with Gasteiger partial charge in [0.05, 0.1) is 37.1 Å². The SMILES string of the molecule is CCOC(=O)c1oc2ccc(S(=O)(=O)N(CCc3ccccc3)c3ccccc3N3CCN(C(=O)c4c(OC)cccc4OC)CC3)cc2c1C. The maximum atomic E-state index is 14.7. The number of benzene rings is 4. The zero-order chi connectivity index (χ0) is 36.1. The number of nitrogens with zero attached hydrogens (tertiary/aromatic N) is 3. The summed E-state index contributed by atoms with van der Waals surface area (Å²) in [6, 6.07) is 27.1. The van der Waals surface area contributed by atoms with Crippen LogP contribution in [0, 0.1) is 6.92 Å². The van der Waals surface area contributed by atoms with E-state index in [1.165, 1.54) is 24.6 Å². The molecule has 51 heavy (non-hydrogen) atoms. The zero-order valence-electron chi connectivity index (χ0n) is 29.1. The van der Waals surface area contributed by atoms with Gasteiger partial charge in [0, 0.05) is 43.7 Å². The van der Waals surface area contributed by atoms with E-state index < -0.39 is 16.0 Å². The van der Waals surface area contributed by atoms with Gasteiger partial charge in [-0.2, -0.15) is 0 Å². The number of sulfonamides is 1. The average Bonchev–Trinajstić information content (AvgIpc) is 3.50. The van der Waals surface area contributed by atoms with Crippen molar-refractivity contribution in [3.05, 3.63) is 113 Å². The Hall–Kier alpha value is -5.49. The fourth-order valence-corrected chi connectivity index (χ4v) is 7.94. The number of ether oxygens (including phenoxy) is 3. The van der Waals surface area contributed by atoms with Gasteiger partial charge in [0.25, 0.3) is 15.9 Å². The normalized spacial score (nSPS) is 13.3. The van der Waals surface area contributed by atoms with E-state index in [0.29, 0.717) is 71.9 Å². The van der Waals surface area contributed by atoms with E-state index in [-0.39, 0.29) is 29.7 Å². The molecule has 0 radical (unpaired) electrons. The summed E-state index contributed by atoms with van der Waals surface area (Å²) in [6.07, 6.45) is 0.470. The number of fused-ring (bicyclic) bond motifs is 1. The first kappa shape index (κ1) is 35.3. The quantitative estimate of drug-likeness (QED) is 0.137. The number of aryl methyl sites for hydroxylation is 1. The molecule has 6 rings (SSSR count). The van der Waals surface area contributed by atoms with Crippen molar-refractivity contribution < 1.29 is 36.6 Å². The number of para-hydroxylation sites is 2. The summed E-state index contributed by atoms with van der Waals surface area (Å²) >= 11 is 0. The molecule has 1 fully saturated rings. The Morgan fingerprint density at radius 1 is 0.843 bits per heavy atom. The molecule has 1 aliphatic rings. The van der Waals surface area contributed by atoms with Crippen molar-refractivity contribution in [2.24, 2.45) is 0 Å². The molecule has 266 valence electrons. The number of hydrogen-bond donors (Lipinski definition) is 0. The summed E-state index contributed by atoms with van der Waals surface area (Å²) < 4.78 is 52.8. The van der Waals surface area contributed by atoms with E-state index in [2.05, 4.69) is 4.90 Å². The third-order valence-electron chi connectivity index (χ3n) is 9.10. The molecule has 1 aromatic heterocycles. The highest BCUT2D eigenvalue weighted by molar-refractivity contribution is 7.92. The van der Waals surface area contributed by atoms with Gasteiger partial charge in [0.1, 0.15) is 22.6 Å². The minimum atomic E-state index is -4.13. The van der Waals surface area contributed by atoms with Crippen molar-refractivity contribution in [3.8, 4) is 11.5 Å². The lowest BCUT2D eigenvalue weighted by atomic mass is 10.1. The lowest BCUT2D eigenvalue weighted by Gasteiger charge is -2.38. The first-order chi connectivity index (χ1) is 24.7.